The van der Waals surface area contributed by atoms with Gasteiger partial charge in [-0.2, -0.15) is 0 Å². The van der Waals surface area contributed by atoms with Crippen LogP contribution in [0.3, 0.4) is 0 Å². The van der Waals surface area contributed by atoms with Crippen molar-refractivity contribution < 1.29 is 29.0 Å². The average Bonchev–Trinajstić information content (AvgIpc) is 3.44. The molecule has 2 aliphatic carbocycles. The highest BCUT2D eigenvalue weighted by Gasteiger charge is 2.43. The number of allylic oxidation sites excluding steroid dienone is 1. The van der Waals surface area contributed by atoms with Crippen molar-refractivity contribution in [3.05, 3.63) is 52.2 Å². The van der Waals surface area contributed by atoms with E-state index < -0.39 is 18.0 Å². The van der Waals surface area contributed by atoms with Gasteiger partial charge in [0.2, 0.25) is 0 Å². The molecule has 2 fully saturated rings. The van der Waals surface area contributed by atoms with Crippen molar-refractivity contribution in [2.24, 2.45) is 5.92 Å². The number of Topliss-reactive ketones (excluding diaryl/α,β-unsaturated/α-hetero) is 1. The summed E-state index contributed by atoms with van der Waals surface area (Å²) in [6.07, 6.45) is 7.89. The lowest BCUT2D eigenvalue weighted by Crippen LogP contribution is -2.45. The highest BCUT2D eigenvalue weighted by molar-refractivity contribution is 6.11. The molecule has 4 heterocycles. The Morgan fingerprint density at radius 1 is 1.02 bits per heavy atom. The van der Waals surface area contributed by atoms with E-state index in [1.165, 1.54) is 58.3 Å². The molecule has 1 N–H and O–H groups in total. The van der Waals surface area contributed by atoms with E-state index in [0.29, 0.717) is 41.0 Å². The van der Waals surface area contributed by atoms with Crippen molar-refractivity contribution in [3.8, 4) is 5.75 Å². The minimum Gasteiger partial charge on any atom is -0.458 e. The fourth-order valence-corrected chi connectivity index (χ4v) is 6.89. The molecule has 1 aromatic carbocycles. The number of pyridine rings is 1. The summed E-state index contributed by atoms with van der Waals surface area (Å²) in [5.41, 5.74) is 4.51. The predicted octanol–water partition coefficient (Wildman–Crippen LogP) is 5.05. The van der Waals surface area contributed by atoms with Gasteiger partial charge in [-0.05, 0) is 108 Å². The van der Waals surface area contributed by atoms with Crippen LogP contribution < -0.4 is 4.74 Å². The van der Waals surface area contributed by atoms with Crippen LogP contribution in [0.2, 0.25) is 0 Å². The molecule has 2 atom stereocenters. The molecule has 0 amide bonds. The minimum absolute atomic E-state index is 0.110. The second-order valence-corrected chi connectivity index (χ2v) is 11.8. The Morgan fingerprint density at radius 2 is 1.71 bits per heavy atom. The number of esters is 1. The van der Waals surface area contributed by atoms with E-state index in [1.54, 1.807) is 18.2 Å². The topological polar surface area (TPSA) is 109 Å². The minimum atomic E-state index is -1.45. The molecule has 9 nitrogen and oxygen atoms in total. The lowest BCUT2D eigenvalue weighted by Gasteiger charge is -2.39. The largest absolute Gasteiger partial charge is 0.458 e. The summed E-state index contributed by atoms with van der Waals surface area (Å²) >= 11 is 0. The quantitative estimate of drug-likeness (QED) is 0.373. The standard InChI is InChI=1S/C21H15NO6.C11H22N2.2C2H6/c1-9-11-4-10-5-13-12(18(10)22-16(11)2-3-17(9)28-8-23)6-14-15(19(13)24)7-27-21(26)20(14)25;1-12-9-5-11(6-10-12)13-7-3-2-4-8-13;2*1-2/h2-4,6,8,13,20,25H,5,7H2,1H3;11H,2-10H2,1H3;2*1-2H3/t13?,20-;;;/m0.../s1. The zero-order valence-corrected chi connectivity index (χ0v) is 27.7. The summed E-state index contributed by atoms with van der Waals surface area (Å²) in [7, 11) is 2.24. The number of piperidine rings is 2. The predicted molar refractivity (Wildman–Crippen MR) is 176 cm³/mol. The van der Waals surface area contributed by atoms with Crippen molar-refractivity contribution in [1.82, 2.24) is 14.8 Å². The molecule has 1 aromatic heterocycles. The van der Waals surface area contributed by atoms with Crippen LogP contribution in [-0.2, 0) is 25.5 Å². The molecule has 0 bridgehead atoms. The lowest BCUT2D eigenvalue weighted by molar-refractivity contribution is -0.152. The van der Waals surface area contributed by atoms with Crippen molar-refractivity contribution in [2.75, 3.05) is 39.8 Å². The number of likely N-dealkylation sites (tertiary alicyclic amines) is 2. The number of hydrogen-bond acceptors (Lipinski definition) is 9. The number of carbonyl (C=O) groups excluding carboxylic acids is 3. The molecule has 0 radical (unpaired) electrons. The summed E-state index contributed by atoms with van der Waals surface area (Å²) in [4.78, 5) is 45.3. The monoisotopic (exact) mass is 619 g/mol. The van der Waals surface area contributed by atoms with Gasteiger partial charge < -0.3 is 24.4 Å². The van der Waals surface area contributed by atoms with E-state index >= 15 is 0 Å². The second kappa shape index (κ2) is 15.7. The number of ketones is 1. The van der Waals surface area contributed by atoms with Crippen LogP contribution in [0.5, 0.6) is 5.75 Å². The normalized spacial score (nSPS) is 23.0. The maximum atomic E-state index is 13.0. The van der Waals surface area contributed by atoms with Crippen LogP contribution in [0.4, 0.5) is 0 Å². The van der Waals surface area contributed by atoms with Crippen molar-refractivity contribution in [3.63, 3.8) is 0 Å². The first-order valence-electron chi connectivity index (χ1n) is 16.7. The van der Waals surface area contributed by atoms with Crippen LogP contribution in [0.1, 0.15) is 76.6 Å². The molecule has 0 saturated carbocycles. The number of nitrogens with zero attached hydrogens (tertiary/aromatic N) is 3. The molecule has 7 rings (SSSR count). The molecule has 3 aliphatic heterocycles. The van der Waals surface area contributed by atoms with E-state index in [2.05, 4.69) is 16.8 Å². The van der Waals surface area contributed by atoms with E-state index in [0.717, 1.165) is 28.1 Å². The molecule has 0 spiro atoms. The van der Waals surface area contributed by atoms with Crippen LogP contribution in [-0.4, -0.2) is 90.1 Å². The van der Waals surface area contributed by atoms with Gasteiger partial charge in [0.15, 0.2) is 11.9 Å². The van der Waals surface area contributed by atoms with Gasteiger partial charge in [0.1, 0.15) is 12.4 Å². The maximum absolute atomic E-state index is 13.0. The number of rotatable bonds is 3. The van der Waals surface area contributed by atoms with E-state index in [4.69, 9.17) is 14.5 Å². The molecule has 9 heteroatoms. The van der Waals surface area contributed by atoms with E-state index in [-0.39, 0.29) is 12.4 Å². The number of aromatic nitrogens is 1. The Morgan fingerprint density at radius 3 is 2.38 bits per heavy atom. The number of aliphatic hydroxyl groups excluding tert-OH is 1. The smallest absolute Gasteiger partial charge is 0.340 e. The Balaban J connectivity index is 0.000000227. The third-order valence-corrected chi connectivity index (χ3v) is 9.29. The van der Waals surface area contributed by atoms with Gasteiger partial charge in [-0.15, -0.1) is 0 Å². The summed E-state index contributed by atoms with van der Waals surface area (Å²) in [5, 5.41) is 11.0. The number of benzene rings is 1. The number of fused-ring (bicyclic) bond motifs is 4. The lowest BCUT2D eigenvalue weighted by atomic mass is 9.81. The fourth-order valence-electron chi connectivity index (χ4n) is 6.89. The molecular formula is C36H49N3O6. The van der Waals surface area contributed by atoms with Crippen LogP contribution in [0, 0.1) is 12.8 Å². The molecule has 5 aliphatic rings. The molecular weight excluding hydrogens is 570 g/mol. The SMILES string of the molecule is CC.CC.CN1CCC(N2CCCCC2)CC1.Cc1c(OC=O)ccc2nc3c(cc12)CC1C(=O)C2=C(C=C31)[C@H](O)C(=O)OC2. The van der Waals surface area contributed by atoms with Crippen LogP contribution >= 0.6 is 0 Å². The number of aliphatic hydroxyl groups is 1. The summed E-state index contributed by atoms with van der Waals surface area (Å²) in [6, 6.07) is 6.32. The van der Waals surface area contributed by atoms with E-state index in [1.807, 2.05) is 40.7 Å². The fraction of sp³-hybridized carbons (Fsp3) is 0.556. The van der Waals surface area contributed by atoms with Gasteiger partial charge >= 0.3 is 5.97 Å². The van der Waals surface area contributed by atoms with Crippen LogP contribution in [0.25, 0.3) is 16.5 Å². The molecule has 1 unspecified atom stereocenters. The van der Waals surface area contributed by atoms with Gasteiger partial charge in [-0.25, -0.2) is 9.78 Å². The zero-order valence-electron chi connectivity index (χ0n) is 27.7. The first-order valence-corrected chi connectivity index (χ1v) is 16.7. The van der Waals surface area contributed by atoms with Crippen molar-refractivity contribution in [1.29, 1.82) is 0 Å². The van der Waals surface area contributed by atoms with Gasteiger partial charge in [0, 0.05) is 28.1 Å². The number of carbonyl (C=O) groups is 3. The number of ether oxygens (including phenoxy) is 2. The highest BCUT2D eigenvalue weighted by atomic mass is 16.5. The van der Waals surface area contributed by atoms with Gasteiger partial charge in [0.05, 0.1) is 17.1 Å². The Labute approximate surface area is 267 Å². The maximum Gasteiger partial charge on any atom is 0.340 e. The Bertz CT molecular complexity index is 1450. The average molecular weight is 620 g/mol. The zero-order chi connectivity index (χ0) is 32.7. The number of aryl methyl sites for hydroxylation is 1. The third-order valence-electron chi connectivity index (χ3n) is 9.29. The molecule has 45 heavy (non-hydrogen) atoms. The molecule has 2 saturated heterocycles. The Hall–Kier alpha value is -3.40. The molecule has 244 valence electrons. The first-order chi connectivity index (χ1) is 21.9. The highest BCUT2D eigenvalue weighted by Crippen LogP contribution is 2.44. The third kappa shape index (κ3) is 7.21. The molecule has 2 aromatic rings. The van der Waals surface area contributed by atoms with Gasteiger partial charge in [-0.1, -0.05) is 34.1 Å². The second-order valence-electron chi connectivity index (χ2n) is 11.8. The van der Waals surface area contributed by atoms with Gasteiger partial charge in [-0.3, -0.25) is 9.59 Å². The summed E-state index contributed by atoms with van der Waals surface area (Å²) in [5.74, 6) is -0.813. The first kappa shape index (κ1) is 34.5. The number of hydrogen-bond donors (Lipinski definition) is 1. The number of cyclic esters (lactones) is 1. The van der Waals surface area contributed by atoms with E-state index in [9.17, 15) is 19.5 Å². The summed E-state index contributed by atoms with van der Waals surface area (Å²) < 4.78 is 9.92. The van der Waals surface area contributed by atoms with Crippen molar-refractivity contribution in [2.45, 2.75) is 85.3 Å². The summed E-state index contributed by atoms with van der Waals surface area (Å²) in [6.45, 7) is 15.5. The van der Waals surface area contributed by atoms with Gasteiger partial charge in [0.25, 0.3) is 6.47 Å². The van der Waals surface area contributed by atoms with Crippen LogP contribution in [0.15, 0.2) is 35.4 Å². The Kier molecular flexibility index (Phi) is 12.1. The van der Waals surface area contributed by atoms with Crippen molar-refractivity contribution >= 4 is 34.7 Å².